The van der Waals surface area contributed by atoms with Crippen molar-refractivity contribution in [3.05, 3.63) is 52.6 Å². The Bertz CT molecular complexity index is 1130. The van der Waals surface area contributed by atoms with E-state index in [4.69, 9.17) is 4.74 Å². The number of hydrogen-bond acceptors (Lipinski definition) is 6. The SMILES string of the molecule is CC(C)CN1C(=O)C(C)(C)COc2cc(NS(=O)(=O)c3ccccc3[N+](=O)[O-])ccc21. The summed E-state index contributed by atoms with van der Waals surface area (Å²) >= 11 is 0. The van der Waals surface area contributed by atoms with Crippen LogP contribution >= 0.6 is 0 Å². The molecule has 0 aromatic heterocycles. The van der Waals surface area contributed by atoms with Crippen LogP contribution in [0.25, 0.3) is 0 Å². The first kappa shape index (κ1) is 22.5. The van der Waals surface area contributed by atoms with Crippen LogP contribution in [-0.2, 0) is 14.8 Å². The molecule has 166 valence electrons. The van der Waals surface area contributed by atoms with Gasteiger partial charge in [0.05, 0.1) is 21.7 Å². The molecule has 0 atom stereocenters. The van der Waals surface area contributed by atoms with E-state index in [1.807, 2.05) is 13.8 Å². The van der Waals surface area contributed by atoms with Gasteiger partial charge in [-0.3, -0.25) is 19.6 Å². The highest BCUT2D eigenvalue weighted by Gasteiger charge is 2.38. The zero-order valence-corrected chi connectivity index (χ0v) is 18.6. The molecule has 1 N–H and O–H groups in total. The van der Waals surface area contributed by atoms with E-state index >= 15 is 0 Å². The molecule has 0 radical (unpaired) electrons. The topological polar surface area (TPSA) is 119 Å². The van der Waals surface area contributed by atoms with Gasteiger partial charge in [0.2, 0.25) is 5.91 Å². The average Bonchev–Trinajstić information content (AvgIpc) is 2.77. The first-order valence-electron chi connectivity index (χ1n) is 9.77. The second kappa shape index (κ2) is 8.18. The predicted octanol–water partition coefficient (Wildman–Crippen LogP) is 3.80. The maximum Gasteiger partial charge on any atom is 0.289 e. The highest BCUT2D eigenvalue weighted by atomic mass is 32.2. The van der Waals surface area contributed by atoms with Crippen LogP contribution in [-0.4, -0.2) is 32.4 Å². The molecule has 0 spiro atoms. The number of carbonyl (C=O) groups excluding carboxylic acids is 1. The standard InChI is InChI=1S/C21H25N3O6S/c1-14(2)12-23-16-10-9-15(11-18(16)30-13-21(3,4)20(23)25)22-31(28,29)19-8-6-5-7-17(19)24(26)27/h5-11,14,22H,12-13H2,1-4H3. The van der Waals surface area contributed by atoms with Crippen molar-refractivity contribution in [2.75, 3.05) is 22.8 Å². The third-order valence-electron chi connectivity index (χ3n) is 4.81. The minimum Gasteiger partial charge on any atom is -0.490 e. The number of rotatable bonds is 6. The second-order valence-corrected chi connectivity index (χ2v) is 10.1. The van der Waals surface area contributed by atoms with Crippen LogP contribution in [0.1, 0.15) is 27.7 Å². The van der Waals surface area contributed by atoms with Crippen molar-refractivity contribution in [1.82, 2.24) is 0 Å². The number of anilines is 2. The molecular weight excluding hydrogens is 422 g/mol. The maximum absolute atomic E-state index is 13.0. The molecule has 1 aliphatic rings. The number of hydrogen-bond donors (Lipinski definition) is 1. The summed E-state index contributed by atoms with van der Waals surface area (Å²) in [5.74, 6) is 0.498. The van der Waals surface area contributed by atoms with Crippen LogP contribution in [0.15, 0.2) is 47.4 Å². The molecule has 9 nitrogen and oxygen atoms in total. The zero-order chi connectivity index (χ0) is 23.0. The summed E-state index contributed by atoms with van der Waals surface area (Å²) in [5, 5.41) is 11.2. The van der Waals surface area contributed by atoms with Crippen molar-refractivity contribution >= 4 is 33.0 Å². The van der Waals surface area contributed by atoms with E-state index in [0.29, 0.717) is 18.0 Å². The van der Waals surface area contributed by atoms with Gasteiger partial charge in [-0.05, 0) is 38.0 Å². The number of fused-ring (bicyclic) bond motifs is 1. The fourth-order valence-corrected chi connectivity index (χ4v) is 4.53. The first-order chi connectivity index (χ1) is 14.4. The fraction of sp³-hybridized carbons (Fsp3) is 0.381. The van der Waals surface area contributed by atoms with Gasteiger partial charge in [0.25, 0.3) is 15.7 Å². The number of nitro benzene ring substituents is 1. The van der Waals surface area contributed by atoms with Crippen LogP contribution < -0.4 is 14.4 Å². The monoisotopic (exact) mass is 447 g/mol. The minimum atomic E-state index is -4.22. The summed E-state index contributed by atoms with van der Waals surface area (Å²) in [6.07, 6.45) is 0. The van der Waals surface area contributed by atoms with E-state index in [0.717, 1.165) is 6.07 Å². The van der Waals surface area contributed by atoms with Gasteiger partial charge in [-0.2, -0.15) is 0 Å². The number of ether oxygens (including phenoxy) is 1. The Morgan fingerprint density at radius 2 is 1.90 bits per heavy atom. The van der Waals surface area contributed by atoms with Gasteiger partial charge in [-0.15, -0.1) is 0 Å². The maximum atomic E-state index is 13.0. The molecule has 0 aliphatic carbocycles. The zero-order valence-electron chi connectivity index (χ0n) is 17.8. The van der Waals surface area contributed by atoms with Crippen LogP contribution in [0.4, 0.5) is 17.1 Å². The predicted molar refractivity (Wildman–Crippen MR) is 117 cm³/mol. The Labute approximate surface area is 181 Å². The molecule has 10 heteroatoms. The van der Waals surface area contributed by atoms with E-state index < -0.39 is 30.9 Å². The third kappa shape index (κ3) is 4.63. The average molecular weight is 448 g/mol. The lowest BCUT2D eigenvalue weighted by Gasteiger charge is -2.29. The molecule has 0 unspecified atom stereocenters. The number of benzene rings is 2. The Morgan fingerprint density at radius 3 is 2.55 bits per heavy atom. The third-order valence-corrected chi connectivity index (χ3v) is 6.24. The molecule has 0 bridgehead atoms. The normalized spacial score (nSPS) is 15.8. The number of nitrogens with one attached hydrogen (secondary N) is 1. The molecule has 1 aliphatic heterocycles. The molecule has 0 saturated heterocycles. The van der Waals surface area contributed by atoms with Crippen LogP contribution in [0.2, 0.25) is 0 Å². The molecule has 1 heterocycles. The first-order valence-corrected chi connectivity index (χ1v) is 11.3. The largest absolute Gasteiger partial charge is 0.490 e. The molecule has 0 saturated carbocycles. The lowest BCUT2D eigenvalue weighted by molar-refractivity contribution is -0.387. The van der Waals surface area contributed by atoms with E-state index in [9.17, 15) is 23.3 Å². The summed E-state index contributed by atoms with van der Waals surface area (Å²) in [6, 6.07) is 9.73. The smallest absolute Gasteiger partial charge is 0.289 e. The summed E-state index contributed by atoms with van der Waals surface area (Å²) < 4.78 is 33.8. The minimum absolute atomic E-state index is 0.0757. The summed E-state index contributed by atoms with van der Waals surface area (Å²) in [5.41, 5.74) is -0.541. The van der Waals surface area contributed by atoms with Gasteiger partial charge >= 0.3 is 0 Å². The van der Waals surface area contributed by atoms with Crippen molar-refractivity contribution in [1.29, 1.82) is 0 Å². The van der Waals surface area contributed by atoms with Crippen molar-refractivity contribution in [3.8, 4) is 5.75 Å². The van der Waals surface area contributed by atoms with Gasteiger partial charge in [0.1, 0.15) is 12.4 Å². The van der Waals surface area contributed by atoms with Gasteiger partial charge in [-0.1, -0.05) is 26.0 Å². The highest BCUT2D eigenvalue weighted by Crippen LogP contribution is 2.39. The van der Waals surface area contributed by atoms with Crippen LogP contribution in [0.5, 0.6) is 5.75 Å². The Morgan fingerprint density at radius 1 is 1.23 bits per heavy atom. The Balaban J connectivity index is 1.99. The number of nitro groups is 1. The Hall–Kier alpha value is -3.14. The molecule has 0 fully saturated rings. The molecule has 1 amide bonds. The summed E-state index contributed by atoms with van der Waals surface area (Å²) in [7, 11) is -4.22. The summed E-state index contributed by atoms with van der Waals surface area (Å²) in [6.45, 7) is 8.22. The fourth-order valence-electron chi connectivity index (χ4n) is 3.30. The highest BCUT2D eigenvalue weighted by molar-refractivity contribution is 7.92. The number of carbonyl (C=O) groups is 1. The Kier molecular flexibility index (Phi) is 5.95. The van der Waals surface area contributed by atoms with Crippen LogP contribution in [0, 0.1) is 21.4 Å². The van der Waals surface area contributed by atoms with E-state index in [1.54, 1.807) is 24.8 Å². The molecule has 2 aromatic carbocycles. The number of amides is 1. The van der Waals surface area contributed by atoms with Gasteiger partial charge in [0.15, 0.2) is 4.90 Å². The number of sulfonamides is 1. The lowest BCUT2D eigenvalue weighted by atomic mass is 9.92. The van der Waals surface area contributed by atoms with Crippen LogP contribution in [0.3, 0.4) is 0 Å². The second-order valence-electron chi connectivity index (χ2n) is 8.50. The molecular formula is C21H25N3O6S. The summed E-state index contributed by atoms with van der Waals surface area (Å²) in [4.78, 5) is 24.7. The van der Waals surface area contributed by atoms with E-state index in [1.165, 1.54) is 30.3 Å². The van der Waals surface area contributed by atoms with E-state index in [2.05, 4.69) is 4.72 Å². The lowest BCUT2D eigenvalue weighted by Crippen LogP contribution is -2.43. The van der Waals surface area contributed by atoms with Crippen molar-refractivity contribution < 1.29 is 22.9 Å². The number of para-hydroxylation sites is 1. The van der Waals surface area contributed by atoms with E-state index in [-0.39, 0.29) is 24.1 Å². The van der Waals surface area contributed by atoms with Gasteiger partial charge in [-0.25, -0.2) is 8.42 Å². The molecule has 2 aromatic rings. The number of nitrogens with zero attached hydrogens (tertiary/aromatic N) is 2. The van der Waals surface area contributed by atoms with Gasteiger partial charge in [0, 0.05) is 18.7 Å². The van der Waals surface area contributed by atoms with Gasteiger partial charge < -0.3 is 9.64 Å². The molecule has 31 heavy (non-hydrogen) atoms. The quantitative estimate of drug-likeness (QED) is 0.531. The van der Waals surface area contributed by atoms with Crippen molar-refractivity contribution in [2.45, 2.75) is 32.6 Å². The van der Waals surface area contributed by atoms with Crippen molar-refractivity contribution in [2.24, 2.45) is 11.3 Å². The molecule has 3 rings (SSSR count). The van der Waals surface area contributed by atoms with Crippen molar-refractivity contribution in [3.63, 3.8) is 0 Å².